The lowest BCUT2D eigenvalue weighted by molar-refractivity contribution is 0.259. The van der Waals surface area contributed by atoms with Gasteiger partial charge in [-0.15, -0.1) is 16.8 Å². The first kappa shape index (κ1) is 21.8. The monoisotopic (exact) mass is 520 g/mol. The van der Waals surface area contributed by atoms with Gasteiger partial charge in [-0.3, -0.25) is 0 Å². The summed E-state index contributed by atoms with van der Waals surface area (Å²) in [5.74, 6) is 2.34. The maximum atomic E-state index is 10.4. The summed E-state index contributed by atoms with van der Waals surface area (Å²) in [6.07, 6.45) is 3.42. The summed E-state index contributed by atoms with van der Waals surface area (Å²) in [4.78, 5) is 0. The molecule has 5 rings (SSSR count). The van der Waals surface area contributed by atoms with E-state index in [2.05, 4.69) is 38.8 Å². The number of ether oxygens (including phenoxy) is 1. The van der Waals surface area contributed by atoms with E-state index in [9.17, 15) is 5.11 Å². The van der Waals surface area contributed by atoms with E-state index in [1.807, 2.05) is 54.6 Å². The Morgan fingerprint density at radius 1 is 1.09 bits per heavy atom. The molecule has 2 heterocycles. The fraction of sp³-hybridized carbons (Fsp3) is 0.154. The molecule has 4 aromatic rings. The lowest BCUT2D eigenvalue weighted by Gasteiger charge is -2.09. The van der Waals surface area contributed by atoms with Crippen LogP contribution >= 0.6 is 27.7 Å². The number of aromatic hydroxyl groups is 1. The first-order chi connectivity index (χ1) is 16.1. The molecule has 1 aliphatic rings. The van der Waals surface area contributed by atoms with Gasteiger partial charge in [0.05, 0.1) is 5.56 Å². The van der Waals surface area contributed by atoms with Crippen molar-refractivity contribution >= 4 is 27.7 Å². The minimum atomic E-state index is 0.0137. The second kappa shape index (κ2) is 9.45. The highest BCUT2D eigenvalue weighted by Gasteiger charge is 2.25. The number of nitrogens with zero attached hydrogens (tertiary/aromatic N) is 2. The summed E-state index contributed by atoms with van der Waals surface area (Å²) in [6.45, 7) is 3.80. The van der Waals surface area contributed by atoms with Crippen molar-refractivity contribution < 1.29 is 14.3 Å². The quantitative estimate of drug-likeness (QED) is 0.216. The van der Waals surface area contributed by atoms with Crippen LogP contribution in [-0.2, 0) is 12.8 Å². The number of halogens is 1. The number of phenolic OH excluding ortho intramolecular Hbond substituents is 1. The van der Waals surface area contributed by atoms with Gasteiger partial charge in [0.15, 0.2) is 0 Å². The first-order valence-corrected chi connectivity index (χ1v) is 12.3. The van der Waals surface area contributed by atoms with E-state index >= 15 is 0 Å². The molecule has 0 aliphatic carbocycles. The number of rotatable bonds is 7. The smallest absolute Gasteiger partial charge is 0.276 e. The molecule has 0 fully saturated rings. The molecule has 7 heteroatoms. The summed E-state index contributed by atoms with van der Waals surface area (Å²) >= 11 is 5.01. The normalized spacial score (nSPS) is 14.6. The minimum absolute atomic E-state index is 0.0137. The van der Waals surface area contributed by atoms with E-state index in [-0.39, 0.29) is 11.9 Å². The van der Waals surface area contributed by atoms with Gasteiger partial charge >= 0.3 is 0 Å². The second-order valence-corrected chi connectivity index (χ2v) is 9.60. The van der Waals surface area contributed by atoms with Crippen molar-refractivity contribution in [1.82, 2.24) is 10.2 Å². The van der Waals surface area contributed by atoms with Gasteiger partial charge in [-0.1, -0.05) is 42.1 Å². The van der Waals surface area contributed by atoms with E-state index in [0.29, 0.717) is 16.9 Å². The minimum Gasteiger partial charge on any atom is -0.507 e. The van der Waals surface area contributed by atoms with Crippen molar-refractivity contribution in [3.05, 3.63) is 88.9 Å². The lowest BCUT2D eigenvalue weighted by Crippen LogP contribution is -2.15. The van der Waals surface area contributed by atoms with Crippen LogP contribution in [0.2, 0.25) is 0 Å². The third kappa shape index (κ3) is 4.70. The van der Waals surface area contributed by atoms with Gasteiger partial charge in [0.25, 0.3) is 5.22 Å². The molecule has 0 radical (unpaired) electrons. The largest absolute Gasteiger partial charge is 0.507 e. The average molecular weight is 521 g/mol. The van der Waals surface area contributed by atoms with Crippen molar-refractivity contribution in [2.24, 2.45) is 0 Å². The molecular weight excluding hydrogens is 500 g/mol. The van der Waals surface area contributed by atoms with E-state index < -0.39 is 0 Å². The molecule has 0 bridgehead atoms. The lowest BCUT2D eigenvalue weighted by atomic mass is 9.98. The third-order valence-corrected chi connectivity index (χ3v) is 7.10. The second-order valence-electron chi connectivity index (χ2n) is 7.77. The predicted octanol–water partition coefficient (Wildman–Crippen LogP) is 6.70. The summed E-state index contributed by atoms with van der Waals surface area (Å²) in [6, 6.07) is 19.5. The van der Waals surface area contributed by atoms with Gasteiger partial charge in [0, 0.05) is 22.2 Å². The van der Waals surface area contributed by atoms with Gasteiger partial charge in [-0.05, 0) is 75.4 Å². The molecule has 0 saturated heterocycles. The SMILES string of the molecule is C=CCc1ccc(O)c(-c2ccc3c(c2)C[C@@H](CSc2nnc(-c4ccccc4Br)o2)O3)c1. The molecule has 0 saturated carbocycles. The maximum absolute atomic E-state index is 10.4. The molecule has 1 aliphatic heterocycles. The Morgan fingerprint density at radius 2 is 1.97 bits per heavy atom. The van der Waals surface area contributed by atoms with Crippen LogP contribution in [0.4, 0.5) is 0 Å². The van der Waals surface area contributed by atoms with Gasteiger partial charge in [-0.25, -0.2) is 0 Å². The Morgan fingerprint density at radius 3 is 2.82 bits per heavy atom. The van der Waals surface area contributed by atoms with Crippen molar-refractivity contribution in [1.29, 1.82) is 0 Å². The molecule has 1 N–H and O–H groups in total. The zero-order valence-electron chi connectivity index (χ0n) is 17.7. The highest BCUT2D eigenvalue weighted by atomic mass is 79.9. The van der Waals surface area contributed by atoms with Crippen molar-refractivity contribution in [3.63, 3.8) is 0 Å². The Labute approximate surface area is 204 Å². The van der Waals surface area contributed by atoms with Crippen molar-refractivity contribution in [3.8, 4) is 34.1 Å². The van der Waals surface area contributed by atoms with Crippen molar-refractivity contribution in [2.45, 2.75) is 24.2 Å². The molecule has 1 aromatic heterocycles. The topological polar surface area (TPSA) is 68.4 Å². The number of hydrogen-bond acceptors (Lipinski definition) is 6. The van der Waals surface area contributed by atoms with E-state index in [1.54, 1.807) is 6.07 Å². The van der Waals surface area contributed by atoms with Crippen molar-refractivity contribution in [2.75, 3.05) is 5.75 Å². The van der Waals surface area contributed by atoms with E-state index in [4.69, 9.17) is 9.15 Å². The predicted molar refractivity (Wildman–Crippen MR) is 134 cm³/mol. The fourth-order valence-corrected chi connectivity index (χ4v) is 5.07. The number of allylic oxidation sites excluding steroid dienone is 1. The molecule has 33 heavy (non-hydrogen) atoms. The Bertz CT molecular complexity index is 1320. The molecule has 0 unspecified atom stereocenters. The molecular formula is C26H21BrN2O3S. The van der Waals surface area contributed by atoms with Crippen LogP contribution in [0, 0.1) is 0 Å². The fourth-order valence-electron chi connectivity index (χ4n) is 3.86. The number of aromatic nitrogens is 2. The Kier molecular flexibility index (Phi) is 6.24. The van der Waals surface area contributed by atoms with Crippen LogP contribution < -0.4 is 4.74 Å². The molecule has 0 spiro atoms. The first-order valence-electron chi connectivity index (χ1n) is 10.5. The number of hydrogen-bond donors (Lipinski definition) is 1. The maximum Gasteiger partial charge on any atom is 0.276 e. The van der Waals surface area contributed by atoms with Crippen LogP contribution in [0.5, 0.6) is 11.5 Å². The van der Waals surface area contributed by atoms with Crippen LogP contribution in [0.15, 0.2) is 87.4 Å². The van der Waals surface area contributed by atoms with Gasteiger partial charge < -0.3 is 14.3 Å². The number of phenols is 1. The zero-order chi connectivity index (χ0) is 22.8. The molecule has 166 valence electrons. The molecule has 3 aromatic carbocycles. The zero-order valence-corrected chi connectivity index (χ0v) is 20.1. The Hall–Kier alpha value is -3.03. The highest BCUT2D eigenvalue weighted by Crippen LogP contribution is 2.38. The summed E-state index contributed by atoms with van der Waals surface area (Å²) in [5.41, 5.74) is 4.91. The molecule has 5 nitrogen and oxygen atoms in total. The summed E-state index contributed by atoms with van der Waals surface area (Å²) in [7, 11) is 0. The van der Waals surface area contributed by atoms with Crippen LogP contribution in [0.25, 0.3) is 22.6 Å². The number of benzene rings is 3. The molecule has 1 atom stereocenters. The summed E-state index contributed by atoms with van der Waals surface area (Å²) < 4.78 is 12.9. The van der Waals surface area contributed by atoms with Gasteiger partial charge in [0.1, 0.15) is 17.6 Å². The number of fused-ring (bicyclic) bond motifs is 1. The Balaban J connectivity index is 1.26. The van der Waals surface area contributed by atoms with Crippen LogP contribution in [-0.4, -0.2) is 27.2 Å². The summed E-state index contributed by atoms with van der Waals surface area (Å²) in [5, 5.41) is 19.2. The van der Waals surface area contributed by atoms with Gasteiger partial charge in [-0.2, -0.15) is 0 Å². The highest BCUT2D eigenvalue weighted by molar-refractivity contribution is 9.10. The van der Waals surface area contributed by atoms with E-state index in [0.717, 1.165) is 50.9 Å². The molecule has 0 amide bonds. The standard InChI is InChI=1S/C26H21BrN2O3S/c1-2-5-16-8-10-23(30)21(12-16)17-9-11-24-18(13-17)14-19(31-24)15-33-26-29-28-25(32-26)20-6-3-4-7-22(20)27/h2-4,6-13,19,30H,1,5,14-15H2/t19-/m0/s1. The van der Waals surface area contributed by atoms with Crippen LogP contribution in [0.1, 0.15) is 11.1 Å². The van der Waals surface area contributed by atoms with E-state index in [1.165, 1.54) is 11.8 Å². The van der Waals surface area contributed by atoms with Crippen LogP contribution in [0.3, 0.4) is 0 Å². The average Bonchev–Trinajstić information content (AvgIpc) is 3.45. The van der Waals surface area contributed by atoms with Gasteiger partial charge in [0.2, 0.25) is 5.89 Å². The third-order valence-electron chi connectivity index (χ3n) is 5.46. The number of thioether (sulfide) groups is 1.